The van der Waals surface area contributed by atoms with Gasteiger partial charge < -0.3 is 9.47 Å². The van der Waals surface area contributed by atoms with E-state index < -0.39 is 10.0 Å². The van der Waals surface area contributed by atoms with Crippen LogP contribution in [0, 0.1) is 38.5 Å². The molecule has 0 spiro atoms. The molecule has 6 rings (SSSR count). The van der Waals surface area contributed by atoms with Crippen LogP contribution in [-0.4, -0.2) is 26.7 Å². The van der Waals surface area contributed by atoms with E-state index in [4.69, 9.17) is 9.47 Å². The summed E-state index contributed by atoms with van der Waals surface area (Å²) in [6.07, 6.45) is 12.6. The molecule has 59 heavy (non-hydrogen) atoms. The van der Waals surface area contributed by atoms with Crippen molar-refractivity contribution in [3.63, 3.8) is 0 Å². The first-order valence-corrected chi connectivity index (χ1v) is 24.4. The lowest BCUT2D eigenvalue weighted by Gasteiger charge is -2.48. The molecule has 0 bridgehead atoms. The second kappa shape index (κ2) is 15.3. The van der Waals surface area contributed by atoms with Gasteiger partial charge in [-0.05, 0) is 120 Å². The molecule has 0 saturated heterocycles. The lowest BCUT2D eigenvalue weighted by Crippen LogP contribution is -2.23. The lowest BCUT2D eigenvalue weighted by atomic mass is 9.81. The predicted molar refractivity (Wildman–Crippen MR) is 262 cm³/mol. The van der Waals surface area contributed by atoms with E-state index in [1.807, 2.05) is 14.2 Å². The van der Waals surface area contributed by atoms with Gasteiger partial charge in [0.15, 0.2) is 0 Å². The Morgan fingerprint density at radius 1 is 0.475 bits per heavy atom. The number of fused-ring (bicyclic) bond motifs is 2. The number of methoxy groups -OCH3 is 2. The van der Waals surface area contributed by atoms with E-state index in [2.05, 4.69) is 184 Å². The molecule has 4 aromatic rings. The van der Waals surface area contributed by atoms with Gasteiger partial charge in [-0.25, -0.2) is 10.0 Å². The number of ether oxygens (including phenoxy) is 2. The number of hydrogen-bond donors (Lipinski definition) is 0. The monoisotopic (exact) mass is 813 g/mol. The fourth-order valence-electron chi connectivity index (χ4n) is 10.5. The van der Waals surface area contributed by atoms with Crippen LogP contribution in [0.5, 0.6) is 11.5 Å². The molecule has 2 aliphatic rings. The lowest BCUT2D eigenvalue weighted by molar-refractivity contribution is 0.398. The molecule has 0 aromatic heterocycles. The fraction of sp³-hybridized carbons (Fsp3) is 0.500. The van der Waals surface area contributed by atoms with Gasteiger partial charge in [0.1, 0.15) is 11.5 Å². The van der Waals surface area contributed by atoms with E-state index in [0.717, 1.165) is 24.3 Å². The first-order valence-electron chi connectivity index (χ1n) is 21.9. The molecule has 318 valence electrons. The standard InChI is InChI=1S/C56H76O2S/c1-33-21-34(2)24-37(23-33)47-41-27-39(31-53(5,6)7)51(43(41)29-45(49(47)57-17)55(11,12)13)59(19,20)52-40(32-54(8,9)10)28-42-44(52)30-46(56(14,15)16)50(58-18)48(42)38-25-35(3)22-36(4)26-38/h21-30,51-52H,31-32H2,1-20H3. The second-order valence-corrected chi connectivity index (χ2v) is 27.0. The third-order valence-corrected chi connectivity index (χ3v) is 15.9. The van der Waals surface area contributed by atoms with Crippen molar-refractivity contribution >= 4 is 22.2 Å². The molecule has 2 aliphatic carbocycles. The number of benzene rings is 4. The van der Waals surface area contributed by atoms with E-state index in [0.29, 0.717) is 0 Å². The Kier molecular flexibility index (Phi) is 11.7. The first kappa shape index (κ1) is 44.9. The third kappa shape index (κ3) is 8.75. The van der Waals surface area contributed by atoms with E-state index in [1.165, 1.54) is 77.9 Å². The molecular weight excluding hydrogens is 737 g/mol. The van der Waals surface area contributed by atoms with Crippen LogP contribution in [0.2, 0.25) is 0 Å². The zero-order chi connectivity index (χ0) is 43.9. The topological polar surface area (TPSA) is 18.5 Å². The number of aryl methyl sites for hydroxylation is 4. The highest BCUT2D eigenvalue weighted by Crippen LogP contribution is 2.75. The quantitative estimate of drug-likeness (QED) is 0.176. The SMILES string of the molecule is COc1c(C(C)(C)C)cc2c(c1-c1cc(C)cc(C)c1)C=C(CC(C)(C)C)C2S(C)(C)C1C(CC(C)(C)C)=Cc2c1cc(C(C)(C)C)c(OC)c2-c1cc(C)cc(C)c1. The summed E-state index contributed by atoms with van der Waals surface area (Å²) < 4.78 is 13.1. The van der Waals surface area contributed by atoms with Crippen molar-refractivity contribution in [3.8, 4) is 33.8 Å². The zero-order valence-electron chi connectivity index (χ0n) is 40.6. The van der Waals surface area contributed by atoms with Gasteiger partial charge in [-0.3, -0.25) is 0 Å². The van der Waals surface area contributed by atoms with Crippen LogP contribution in [0.4, 0.5) is 0 Å². The summed E-state index contributed by atoms with van der Waals surface area (Å²) in [6, 6.07) is 19.2. The summed E-state index contributed by atoms with van der Waals surface area (Å²) in [4.78, 5) is 0. The van der Waals surface area contributed by atoms with Crippen LogP contribution < -0.4 is 9.47 Å². The van der Waals surface area contributed by atoms with Gasteiger partial charge in [0.25, 0.3) is 0 Å². The summed E-state index contributed by atoms with van der Waals surface area (Å²) in [5.74, 6) is 2.03. The van der Waals surface area contributed by atoms with E-state index in [1.54, 1.807) is 11.1 Å². The van der Waals surface area contributed by atoms with Crippen molar-refractivity contribution in [1.82, 2.24) is 0 Å². The largest absolute Gasteiger partial charge is 0.496 e. The third-order valence-electron chi connectivity index (χ3n) is 12.3. The van der Waals surface area contributed by atoms with Gasteiger partial charge in [-0.1, -0.05) is 165 Å². The highest BCUT2D eigenvalue weighted by atomic mass is 32.3. The molecule has 2 unspecified atom stereocenters. The van der Waals surface area contributed by atoms with Crippen molar-refractivity contribution in [3.05, 3.63) is 115 Å². The Balaban J connectivity index is 1.74. The molecule has 0 fully saturated rings. The van der Waals surface area contributed by atoms with Crippen LogP contribution in [0.1, 0.15) is 162 Å². The van der Waals surface area contributed by atoms with Crippen LogP contribution in [-0.2, 0) is 10.8 Å². The molecular formula is C56H76O2S. The van der Waals surface area contributed by atoms with E-state index in [9.17, 15) is 0 Å². The van der Waals surface area contributed by atoms with E-state index in [-0.39, 0.29) is 32.2 Å². The number of hydrogen-bond acceptors (Lipinski definition) is 2. The molecule has 2 nitrogen and oxygen atoms in total. The van der Waals surface area contributed by atoms with Crippen LogP contribution in [0.3, 0.4) is 0 Å². The van der Waals surface area contributed by atoms with Gasteiger partial charge in [0, 0.05) is 32.8 Å². The van der Waals surface area contributed by atoms with Gasteiger partial charge >= 0.3 is 0 Å². The van der Waals surface area contributed by atoms with Crippen molar-refractivity contribution in [2.45, 2.75) is 145 Å². The molecule has 0 radical (unpaired) electrons. The van der Waals surface area contributed by atoms with Crippen LogP contribution >= 0.6 is 10.0 Å². The summed E-state index contributed by atoms with van der Waals surface area (Å²) in [6.45, 7) is 37.5. The minimum Gasteiger partial charge on any atom is -0.496 e. The normalized spacial score (nSPS) is 17.4. The molecule has 0 N–H and O–H groups in total. The summed E-state index contributed by atoms with van der Waals surface area (Å²) in [5.41, 5.74) is 21.4. The molecule has 3 heteroatoms. The van der Waals surface area contributed by atoms with Crippen molar-refractivity contribution < 1.29 is 9.47 Å². The highest BCUT2D eigenvalue weighted by molar-refractivity contribution is 8.33. The molecule has 2 atom stereocenters. The minimum atomic E-state index is -1.52. The number of rotatable bonds is 8. The van der Waals surface area contributed by atoms with Crippen LogP contribution in [0.15, 0.2) is 59.7 Å². The highest BCUT2D eigenvalue weighted by Gasteiger charge is 2.47. The molecule has 0 heterocycles. The maximum atomic E-state index is 6.53. The minimum absolute atomic E-state index is 0.110. The maximum Gasteiger partial charge on any atom is 0.131 e. The van der Waals surface area contributed by atoms with Gasteiger partial charge in [0.2, 0.25) is 0 Å². The van der Waals surface area contributed by atoms with Gasteiger partial charge in [0.05, 0.1) is 14.2 Å². The second-order valence-electron chi connectivity index (χ2n) is 23.1. The van der Waals surface area contributed by atoms with Crippen molar-refractivity contribution in [1.29, 1.82) is 0 Å². The Morgan fingerprint density at radius 3 is 1.03 bits per heavy atom. The molecule has 0 aliphatic heterocycles. The van der Waals surface area contributed by atoms with Gasteiger partial charge in [-0.15, -0.1) is 0 Å². The Labute approximate surface area is 361 Å². The first-order chi connectivity index (χ1) is 27.1. The zero-order valence-corrected chi connectivity index (χ0v) is 41.4. The van der Waals surface area contributed by atoms with Crippen molar-refractivity contribution in [2.24, 2.45) is 10.8 Å². The molecule has 0 saturated carbocycles. The van der Waals surface area contributed by atoms with Gasteiger partial charge in [-0.2, -0.15) is 0 Å². The summed E-state index contributed by atoms with van der Waals surface area (Å²) >= 11 is 0. The Morgan fingerprint density at radius 2 is 0.780 bits per heavy atom. The van der Waals surface area contributed by atoms with Crippen LogP contribution in [0.25, 0.3) is 34.4 Å². The Hall–Kier alpha value is -3.69. The summed E-state index contributed by atoms with van der Waals surface area (Å²) in [7, 11) is 2.23. The summed E-state index contributed by atoms with van der Waals surface area (Å²) in [5, 5.41) is 0.523. The average Bonchev–Trinajstić information content (AvgIpc) is 3.60. The van der Waals surface area contributed by atoms with Crippen molar-refractivity contribution in [2.75, 3.05) is 26.7 Å². The molecule has 4 aromatic carbocycles. The average molecular weight is 813 g/mol. The maximum absolute atomic E-state index is 6.53. The van der Waals surface area contributed by atoms with E-state index >= 15 is 0 Å². The smallest absolute Gasteiger partial charge is 0.131 e. The predicted octanol–water partition coefficient (Wildman–Crippen LogP) is 16.4. The fourth-order valence-corrected chi connectivity index (χ4v) is 14.3. The Bertz CT molecular complexity index is 2150. The molecule has 0 amide bonds.